The van der Waals surface area contributed by atoms with E-state index in [1.165, 1.54) is 11.1 Å². The van der Waals surface area contributed by atoms with Crippen LogP contribution in [0.3, 0.4) is 0 Å². The van der Waals surface area contributed by atoms with Crippen LogP contribution in [0.2, 0.25) is 0 Å². The molecule has 19 heavy (non-hydrogen) atoms. The van der Waals surface area contributed by atoms with Crippen molar-refractivity contribution in [2.75, 3.05) is 5.32 Å². The number of halogens is 2. The molecule has 0 aliphatic carbocycles. The summed E-state index contributed by atoms with van der Waals surface area (Å²) in [4.78, 5) is 0. The first-order valence-electron chi connectivity index (χ1n) is 6.34. The highest BCUT2D eigenvalue weighted by Crippen LogP contribution is 2.26. The molecule has 0 heterocycles. The van der Waals surface area contributed by atoms with Crippen molar-refractivity contribution >= 4 is 37.5 Å². The monoisotopic (exact) mass is 381 g/mol. The Bertz CT molecular complexity index is 547. The van der Waals surface area contributed by atoms with E-state index in [1.54, 1.807) is 0 Å². The molecule has 2 rings (SSSR count). The van der Waals surface area contributed by atoms with E-state index in [2.05, 4.69) is 81.4 Å². The van der Waals surface area contributed by atoms with Crippen LogP contribution in [0.5, 0.6) is 0 Å². The zero-order valence-corrected chi connectivity index (χ0v) is 14.3. The second-order valence-electron chi connectivity index (χ2n) is 4.87. The first kappa shape index (κ1) is 14.6. The maximum Gasteiger partial charge on any atom is 0.0488 e. The third-order valence-electron chi connectivity index (χ3n) is 3.06. The fourth-order valence-corrected chi connectivity index (χ4v) is 3.04. The summed E-state index contributed by atoms with van der Waals surface area (Å²) in [6.07, 6.45) is 0. The summed E-state index contributed by atoms with van der Waals surface area (Å²) in [5, 5.41) is 3.44. The minimum Gasteiger partial charge on any atom is -0.380 e. The molecule has 3 heteroatoms. The molecule has 0 aliphatic rings. The Hall–Kier alpha value is -0.800. The molecule has 2 aromatic rings. The van der Waals surface area contributed by atoms with Gasteiger partial charge in [-0.15, -0.1) is 0 Å². The van der Waals surface area contributed by atoms with Crippen LogP contribution in [0.1, 0.15) is 30.9 Å². The van der Waals surface area contributed by atoms with Crippen molar-refractivity contribution in [2.24, 2.45) is 0 Å². The Balaban J connectivity index is 2.02. The van der Waals surface area contributed by atoms with E-state index < -0.39 is 0 Å². The third kappa shape index (κ3) is 4.08. The number of rotatable bonds is 4. The van der Waals surface area contributed by atoms with Crippen LogP contribution in [0, 0.1) is 0 Å². The molecule has 100 valence electrons. The number of hydrogen-bond donors (Lipinski definition) is 1. The standard InChI is InChI=1S/C16H17Br2N/c1-11(2)13-5-3-12(4-6-13)10-19-16-8-7-14(17)9-15(16)18/h3-9,11,19H,10H2,1-2H3. The van der Waals surface area contributed by atoms with Crippen molar-refractivity contribution in [3.63, 3.8) is 0 Å². The van der Waals surface area contributed by atoms with E-state index in [9.17, 15) is 0 Å². The van der Waals surface area contributed by atoms with Gasteiger partial charge in [-0.1, -0.05) is 54.0 Å². The van der Waals surface area contributed by atoms with Crippen molar-refractivity contribution in [1.82, 2.24) is 0 Å². The molecule has 0 fully saturated rings. The van der Waals surface area contributed by atoms with Gasteiger partial charge in [-0.3, -0.25) is 0 Å². The van der Waals surface area contributed by atoms with Crippen molar-refractivity contribution in [3.8, 4) is 0 Å². The fourth-order valence-electron chi connectivity index (χ4n) is 1.85. The molecule has 0 aliphatic heterocycles. The maximum absolute atomic E-state index is 3.56. The molecule has 0 unspecified atom stereocenters. The van der Waals surface area contributed by atoms with Gasteiger partial charge in [-0.25, -0.2) is 0 Å². The Labute approximate surface area is 131 Å². The molecule has 0 radical (unpaired) electrons. The van der Waals surface area contributed by atoms with Gasteiger partial charge in [0.05, 0.1) is 0 Å². The first-order valence-corrected chi connectivity index (χ1v) is 7.92. The minimum atomic E-state index is 0.586. The Morgan fingerprint density at radius 1 is 1.00 bits per heavy atom. The van der Waals surface area contributed by atoms with Crippen LogP contribution in [-0.4, -0.2) is 0 Å². The topological polar surface area (TPSA) is 12.0 Å². The van der Waals surface area contributed by atoms with Gasteiger partial charge in [-0.05, 0) is 51.2 Å². The van der Waals surface area contributed by atoms with Gasteiger partial charge in [-0.2, -0.15) is 0 Å². The second kappa shape index (κ2) is 6.58. The van der Waals surface area contributed by atoms with Crippen LogP contribution < -0.4 is 5.32 Å². The average molecular weight is 383 g/mol. The summed E-state index contributed by atoms with van der Waals surface area (Å²) in [6, 6.07) is 14.9. The summed E-state index contributed by atoms with van der Waals surface area (Å²) >= 11 is 7.01. The van der Waals surface area contributed by atoms with E-state index in [0.717, 1.165) is 21.2 Å². The highest BCUT2D eigenvalue weighted by Gasteiger charge is 2.02. The highest BCUT2D eigenvalue weighted by atomic mass is 79.9. The Kier molecular flexibility index (Phi) is 5.06. The molecule has 1 nitrogen and oxygen atoms in total. The van der Waals surface area contributed by atoms with E-state index >= 15 is 0 Å². The number of hydrogen-bond acceptors (Lipinski definition) is 1. The van der Waals surface area contributed by atoms with Gasteiger partial charge in [0.15, 0.2) is 0 Å². The molecular formula is C16H17Br2N. The Morgan fingerprint density at radius 3 is 2.26 bits per heavy atom. The molecule has 0 amide bonds. The van der Waals surface area contributed by atoms with Gasteiger partial charge in [0, 0.05) is 21.2 Å². The first-order chi connectivity index (χ1) is 9.06. The van der Waals surface area contributed by atoms with Gasteiger partial charge < -0.3 is 5.32 Å². The highest BCUT2D eigenvalue weighted by molar-refractivity contribution is 9.11. The van der Waals surface area contributed by atoms with Gasteiger partial charge in [0.25, 0.3) is 0 Å². The van der Waals surface area contributed by atoms with Crippen LogP contribution in [0.25, 0.3) is 0 Å². The molecule has 0 saturated heterocycles. The number of nitrogens with one attached hydrogen (secondary N) is 1. The zero-order valence-electron chi connectivity index (χ0n) is 11.1. The molecule has 0 atom stereocenters. The smallest absolute Gasteiger partial charge is 0.0488 e. The molecule has 2 aromatic carbocycles. The van der Waals surface area contributed by atoms with Gasteiger partial charge in [0.1, 0.15) is 0 Å². The summed E-state index contributed by atoms with van der Waals surface area (Å²) in [7, 11) is 0. The SMILES string of the molecule is CC(C)c1ccc(CNc2ccc(Br)cc2Br)cc1. The van der Waals surface area contributed by atoms with Crippen LogP contribution in [0.15, 0.2) is 51.4 Å². The minimum absolute atomic E-state index is 0.586. The lowest BCUT2D eigenvalue weighted by atomic mass is 10.0. The largest absolute Gasteiger partial charge is 0.380 e. The second-order valence-corrected chi connectivity index (χ2v) is 6.64. The normalized spacial score (nSPS) is 10.8. The molecule has 1 N–H and O–H groups in total. The molecule has 0 bridgehead atoms. The summed E-state index contributed by atoms with van der Waals surface area (Å²) in [5.41, 5.74) is 3.78. The molecule has 0 saturated carbocycles. The maximum atomic E-state index is 3.56. The van der Waals surface area contributed by atoms with Crippen molar-refractivity contribution in [1.29, 1.82) is 0 Å². The molecule has 0 spiro atoms. The van der Waals surface area contributed by atoms with E-state index in [4.69, 9.17) is 0 Å². The molecular weight excluding hydrogens is 366 g/mol. The number of benzene rings is 2. The Morgan fingerprint density at radius 2 is 1.68 bits per heavy atom. The molecule has 0 aromatic heterocycles. The lowest BCUT2D eigenvalue weighted by molar-refractivity contribution is 0.865. The van der Waals surface area contributed by atoms with Crippen molar-refractivity contribution < 1.29 is 0 Å². The summed E-state index contributed by atoms with van der Waals surface area (Å²) < 4.78 is 2.15. The van der Waals surface area contributed by atoms with E-state index in [1.807, 2.05) is 12.1 Å². The predicted molar refractivity (Wildman–Crippen MR) is 89.7 cm³/mol. The van der Waals surface area contributed by atoms with E-state index in [-0.39, 0.29) is 0 Å². The average Bonchev–Trinajstić information content (AvgIpc) is 2.38. The lowest BCUT2D eigenvalue weighted by Gasteiger charge is -2.10. The fraction of sp³-hybridized carbons (Fsp3) is 0.250. The summed E-state index contributed by atoms with van der Waals surface area (Å²) in [6.45, 7) is 5.26. The zero-order chi connectivity index (χ0) is 13.8. The van der Waals surface area contributed by atoms with E-state index in [0.29, 0.717) is 5.92 Å². The van der Waals surface area contributed by atoms with Crippen LogP contribution in [0.4, 0.5) is 5.69 Å². The predicted octanol–water partition coefficient (Wildman–Crippen LogP) is 5.95. The van der Waals surface area contributed by atoms with Crippen LogP contribution in [-0.2, 0) is 6.54 Å². The van der Waals surface area contributed by atoms with Crippen molar-refractivity contribution in [3.05, 3.63) is 62.5 Å². The van der Waals surface area contributed by atoms with Crippen LogP contribution >= 0.6 is 31.9 Å². The quantitative estimate of drug-likeness (QED) is 0.689. The number of anilines is 1. The van der Waals surface area contributed by atoms with Gasteiger partial charge in [0.2, 0.25) is 0 Å². The third-order valence-corrected chi connectivity index (χ3v) is 4.21. The van der Waals surface area contributed by atoms with Gasteiger partial charge >= 0.3 is 0 Å². The lowest BCUT2D eigenvalue weighted by Crippen LogP contribution is -2.00. The van der Waals surface area contributed by atoms with Crippen molar-refractivity contribution in [2.45, 2.75) is 26.3 Å². The summed E-state index contributed by atoms with van der Waals surface area (Å²) in [5.74, 6) is 0.586.